The molecule has 1 aromatic rings. The van der Waals surface area contributed by atoms with Crippen molar-refractivity contribution >= 4 is 11.8 Å². The quantitative estimate of drug-likeness (QED) is 0.271. The van der Waals surface area contributed by atoms with Gasteiger partial charge in [-0.2, -0.15) is 4.79 Å². The Balaban J connectivity index is 2.25. The van der Waals surface area contributed by atoms with Gasteiger partial charge in [0.15, 0.2) is 11.5 Å². The first-order chi connectivity index (χ1) is 11.6. The maximum atomic E-state index is 14.0. The second-order valence-corrected chi connectivity index (χ2v) is 6.11. The molecule has 0 saturated heterocycles. The number of ketones is 1. The predicted octanol–water partition coefficient (Wildman–Crippen LogP) is 5.50. The van der Waals surface area contributed by atoms with E-state index in [1.54, 1.807) is 6.92 Å². The lowest BCUT2D eigenvalue weighted by atomic mass is 10.0. The summed E-state index contributed by atoms with van der Waals surface area (Å²) in [5, 5.41) is 0. The van der Waals surface area contributed by atoms with Crippen molar-refractivity contribution in [1.29, 1.82) is 0 Å². The molecule has 1 heterocycles. The molecule has 0 unspecified atom stereocenters. The Morgan fingerprint density at radius 3 is 2.04 bits per heavy atom. The summed E-state index contributed by atoms with van der Waals surface area (Å²) in [6.45, 7) is 4.03. The zero-order valence-electron chi connectivity index (χ0n) is 15.0. The van der Waals surface area contributed by atoms with E-state index in [1.165, 1.54) is 50.7 Å². The molecule has 0 N–H and O–H groups in total. The molecule has 0 saturated carbocycles. The molecule has 0 amide bonds. The average molecular weight is 339 g/mol. The number of carbonyl (C=O) groups excluding carboxylic acids is 2. The van der Waals surface area contributed by atoms with Crippen LogP contribution in [0.25, 0.3) is 0 Å². The van der Waals surface area contributed by atoms with Crippen molar-refractivity contribution in [3.8, 4) is 0 Å². The summed E-state index contributed by atoms with van der Waals surface area (Å²) in [6, 6.07) is 2.64. The van der Waals surface area contributed by atoms with Crippen LogP contribution >= 0.6 is 0 Å². The fourth-order valence-corrected chi connectivity index (χ4v) is 2.70. The van der Waals surface area contributed by atoms with Crippen LogP contribution < -0.4 is 0 Å². The lowest BCUT2D eigenvalue weighted by molar-refractivity contribution is 0.0501. The van der Waals surface area contributed by atoms with Gasteiger partial charge in [-0.05, 0) is 25.5 Å². The number of halogens is 1. The Bertz CT molecular complexity index is 511. The van der Waals surface area contributed by atoms with E-state index in [1.807, 2.05) is 0 Å². The van der Waals surface area contributed by atoms with Crippen molar-refractivity contribution in [1.82, 2.24) is 4.79 Å². The minimum Gasteiger partial charge on any atom is -0.461 e. The number of esters is 1. The Kier molecular flexibility index (Phi) is 10.0. The van der Waals surface area contributed by atoms with Crippen molar-refractivity contribution in [2.24, 2.45) is 0 Å². The molecule has 0 bridgehead atoms. The van der Waals surface area contributed by atoms with Gasteiger partial charge >= 0.3 is 5.97 Å². The standard InChI is InChI=1S/C19H30FNO3/c1-3-5-6-7-8-9-10-11-12-13-18(22)16-14-15-17(21(16)20)19(23)24-4-2/h14-15H,3-13H2,1-2H3. The van der Waals surface area contributed by atoms with Gasteiger partial charge in [0.05, 0.1) is 6.61 Å². The number of hydrogen-bond donors (Lipinski definition) is 0. The minimum absolute atomic E-state index is 0.0716. The maximum Gasteiger partial charge on any atom is 0.357 e. The van der Waals surface area contributed by atoms with Crippen molar-refractivity contribution in [3.05, 3.63) is 23.5 Å². The van der Waals surface area contributed by atoms with Gasteiger partial charge in [-0.15, -0.1) is 0 Å². The second kappa shape index (κ2) is 11.8. The highest BCUT2D eigenvalue weighted by atomic mass is 19.2. The molecule has 0 aliphatic carbocycles. The lowest BCUT2D eigenvalue weighted by Crippen LogP contribution is -2.11. The fourth-order valence-electron chi connectivity index (χ4n) is 2.70. The Hall–Kier alpha value is -1.65. The van der Waals surface area contributed by atoms with Crippen LogP contribution in [0.5, 0.6) is 0 Å². The van der Waals surface area contributed by atoms with E-state index in [0.29, 0.717) is 6.42 Å². The van der Waals surface area contributed by atoms with Gasteiger partial charge in [0.1, 0.15) is 5.69 Å². The first kappa shape index (κ1) is 20.4. The van der Waals surface area contributed by atoms with Crippen LogP contribution in [-0.4, -0.2) is 23.1 Å². The van der Waals surface area contributed by atoms with Crippen LogP contribution in [0.2, 0.25) is 0 Å². The van der Waals surface area contributed by atoms with Gasteiger partial charge in [0.25, 0.3) is 0 Å². The van der Waals surface area contributed by atoms with Crippen molar-refractivity contribution in [2.45, 2.75) is 78.1 Å². The third kappa shape index (κ3) is 6.85. The number of hydrogen-bond acceptors (Lipinski definition) is 3. The third-order valence-corrected chi connectivity index (χ3v) is 4.10. The van der Waals surface area contributed by atoms with E-state index < -0.39 is 5.97 Å². The lowest BCUT2D eigenvalue weighted by Gasteiger charge is -2.04. The molecule has 0 aliphatic rings. The van der Waals surface area contributed by atoms with Gasteiger partial charge in [-0.25, -0.2) is 4.79 Å². The number of aromatic nitrogens is 1. The molecular weight excluding hydrogens is 309 g/mol. The summed E-state index contributed by atoms with van der Waals surface area (Å²) in [7, 11) is 0. The van der Waals surface area contributed by atoms with Gasteiger partial charge in [-0.3, -0.25) is 4.79 Å². The molecule has 0 spiro atoms. The van der Waals surface area contributed by atoms with Crippen molar-refractivity contribution in [3.63, 3.8) is 0 Å². The van der Waals surface area contributed by atoms with E-state index >= 15 is 0 Å². The van der Waals surface area contributed by atoms with E-state index in [4.69, 9.17) is 4.74 Å². The summed E-state index contributed by atoms with van der Waals surface area (Å²) in [5.41, 5.74) is -0.301. The highest BCUT2D eigenvalue weighted by Gasteiger charge is 2.20. The van der Waals surface area contributed by atoms with Gasteiger partial charge < -0.3 is 4.74 Å². The fraction of sp³-hybridized carbons (Fsp3) is 0.684. The van der Waals surface area contributed by atoms with Crippen molar-refractivity contribution < 1.29 is 18.8 Å². The van der Waals surface area contributed by atoms with Crippen LogP contribution in [0, 0.1) is 0 Å². The summed E-state index contributed by atoms with van der Waals surface area (Å²) < 4.78 is 18.8. The highest BCUT2D eigenvalue weighted by Crippen LogP contribution is 2.16. The highest BCUT2D eigenvalue weighted by molar-refractivity contribution is 5.97. The molecule has 5 heteroatoms. The Morgan fingerprint density at radius 1 is 0.917 bits per heavy atom. The van der Waals surface area contributed by atoms with Gasteiger partial charge in [0, 0.05) is 6.42 Å². The normalized spacial score (nSPS) is 10.8. The Labute approximate surface area is 144 Å². The topological polar surface area (TPSA) is 48.3 Å². The Morgan fingerprint density at radius 2 is 1.46 bits per heavy atom. The number of rotatable bonds is 13. The molecule has 1 rings (SSSR count). The largest absolute Gasteiger partial charge is 0.461 e. The summed E-state index contributed by atoms with van der Waals surface area (Å²) in [4.78, 5) is 23.7. The minimum atomic E-state index is -0.748. The third-order valence-electron chi connectivity index (χ3n) is 4.10. The summed E-state index contributed by atoms with van der Waals surface area (Å²) in [6.07, 6.45) is 10.8. The maximum absolute atomic E-state index is 14.0. The summed E-state index contributed by atoms with van der Waals surface area (Å²) >= 11 is 0. The number of unbranched alkanes of at least 4 members (excludes halogenated alkanes) is 8. The zero-order valence-corrected chi connectivity index (χ0v) is 15.0. The van der Waals surface area contributed by atoms with E-state index in [0.717, 1.165) is 19.3 Å². The second-order valence-electron chi connectivity index (χ2n) is 6.11. The molecule has 0 aliphatic heterocycles. The van der Waals surface area contributed by atoms with E-state index in [2.05, 4.69) is 6.92 Å². The smallest absolute Gasteiger partial charge is 0.357 e. The monoisotopic (exact) mass is 339 g/mol. The van der Waals surface area contributed by atoms with Crippen molar-refractivity contribution in [2.75, 3.05) is 6.61 Å². The van der Waals surface area contributed by atoms with Crippen LogP contribution in [0.4, 0.5) is 4.48 Å². The predicted molar refractivity (Wildman–Crippen MR) is 93.1 cm³/mol. The first-order valence-electron chi connectivity index (χ1n) is 9.20. The SMILES string of the molecule is CCCCCCCCCCCC(=O)c1ccc(C(=O)OCC)n1F. The van der Waals surface area contributed by atoms with Crippen LogP contribution in [0.3, 0.4) is 0 Å². The molecule has 136 valence electrons. The molecule has 1 aromatic heterocycles. The number of Topliss-reactive ketones (excluding diaryl/α,β-unsaturated/α-hetero) is 1. The molecule has 0 radical (unpaired) electrons. The number of carbonyl (C=O) groups is 2. The zero-order chi connectivity index (χ0) is 17.8. The van der Waals surface area contributed by atoms with E-state index in [-0.39, 0.29) is 28.6 Å². The van der Waals surface area contributed by atoms with Crippen LogP contribution in [0.1, 0.15) is 99.0 Å². The first-order valence-corrected chi connectivity index (χ1v) is 9.20. The molecule has 0 fully saturated rings. The number of nitrogens with zero attached hydrogens (tertiary/aromatic N) is 1. The molecule has 0 aromatic carbocycles. The van der Waals surface area contributed by atoms with Gasteiger partial charge in [0.2, 0.25) is 0 Å². The van der Waals surface area contributed by atoms with Gasteiger partial charge in [-0.1, -0.05) is 62.8 Å². The molecular formula is C19H30FNO3. The molecule has 24 heavy (non-hydrogen) atoms. The molecule has 0 atom stereocenters. The van der Waals surface area contributed by atoms with Crippen LogP contribution in [0.15, 0.2) is 12.1 Å². The molecule has 4 nitrogen and oxygen atoms in total. The average Bonchev–Trinajstić information content (AvgIpc) is 2.95. The number of ether oxygens (including phenoxy) is 1. The van der Waals surface area contributed by atoms with E-state index in [9.17, 15) is 14.1 Å². The van der Waals surface area contributed by atoms with Crippen LogP contribution in [-0.2, 0) is 4.74 Å². The summed E-state index contributed by atoms with van der Waals surface area (Å²) in [5.74, 6) is -1.02.